The van der Waals surface area contributed by atoms with E-state index in [2.05, 4.69) is 4.74 Å². The third-order valence-corrected chi connectivity index (χ3v) is 4.19. The van der Waals surface area contributed by atoms with Crippen molar-refractivity contribution in [2.75, 3.05) is 13.7 Å². The zero-order chi connectivity index (χ0) is 16.4. The second kappa shape index (κ2) is 6.24. The van der Waals surface area contributed by atoms with Crippen LogP contribution in [-0.2, 0) is 19.6 Å². The summed E-state index contributed by atoms with van der Waals surface area (Å²) in [5, 5.41) is 17.6. The van der Waals surface area contributed by atoms with Crippen molar-refractivity contribution in [1.29, 1.82) is 0 Å². The molecule has 0 amide bonds. The summed E-state index contributed by atoms with van der Waals surface area (Å²) in [6, 6.07) is 0. The molecule has 0 saturated heterocycles. The number of hydrogen-bond acceptors (Lipinski definition) is 7. The van der Waals surface area contributed by atoms with Crippen molar-refractivity contribution in [3.63, 3.8) is 0 Å². The molecule has 118 valence electrons. The summed E-state index contributed by atoms with van der Waals surface area (Å²) in [5.41, 5.74) is -0.271. The first-order valence-corrected chi connectivity index (χ1v) is 7.19. The van der Waals surface area contributed by atoms with E-state index in [4.69, 9.17) is 14.6 Å². The van der Waals surface area contributed by atoms with E-state index in [1.54, 1.807) is 0 Å². The Hall–Kier alpha value is -1.91. The third kappa shape index (κ3) is 3.60. The monoisotopic (exact) mass is 321 g/mol. The summed E-state index contributed by atoms with van der Waals surface area (Å²) >= 11 is 0. The van der Waals surface area contributed by atoms with Crippen LogP contribution in [0, 0.1) is 13.8 Å². The Labute approximate surface area is 120 Å². The van der Waals surface area contributed by atoms with E-state index in [9.17, 15) is 18.0 Å². The molecule has 3 N–H and O–H groups in total. The van der Waals surface area contributed by atoms with Crippen LogP contribution in [0.1, 0.15) is 21.9 Å². The van der Waals surface area contributed by atoms with Crippen LogP contribution in [0.5, 0.6) is 0 Å². The summed E-state index contributed by atoms with van der Waals surface area (Å²) in [6.45, 7) is 1.98. The second-order valence-electron chi connectivity index (χ2n) is 4.12. The van der Waals surface area contributed by atoms with Crippen molar-refractivity contribution in [1.82, 2.24) is 4.72 Å². The largest absolute Gasteiger partial charge is 0.479 e. The van der Waals surface area contributed by atoms with Crippen molar-refractivity contribution in [3.05, 3.63) is 17.1 Å². The molecule has 21 heavy (non-hydrogen) atoms. The van der Waals surface area contributed by atoms with Crippen LogP contribution < -0.4 is 4.72 Å². The van der Waals surface area contributed by atoms with Crippen LogP contribution >= 0.6 is 0 Å². The number of aliphatic hydroxyl groups excluding tert-OH is 1. The fourth-order valence-electron chi connectivity index (χ4n) is 1.67. The molecule has 1 rings (SSSR count). The Morgan fingerprint density at radius 2 is 1.90 bits per heavy atom. The summed E-state index contributed by atoms with van der Waals surface area (Å²) < 4.78 is 35.8. The van der Waals surface area contributed by atoms with Crippen LogP contribution in [0.2, 0.25) is 0 Å². The van der Waals surface area contributed by atoms with Gasteiger partial charge in [-0.3, -0.25) is 0 Å². The highest BCUT2D eigenvalue weighted by Crippen LogP contribution is 2.27. The maximum atomic E-state index is 12.2. The molecule has 1 atom stereocenters. The van der Waals surface area contributed by atoms with Crippen molar-refractivity contribution >= 4 is 22.0 Å². The molecule has 10 heteroatoms. The molecule has 0 fully saturated rings. The first-order valence-electron chi connectivity index (χ1n) is 5.70. The van der Waals surface area contributed by atoms with Crippen LogP contribution in [0.3, 0.4) is 0 Å². The average molecular weight is 321 g/mol. The average Bonchev–Trinajstić information content (AvgIpc) is 2.70. The number of aryl methyl sites for hydroxylation is 2. The van der Waals surface area contributed by atoms with Crippen molar-refractivity contribution in [3.8, 4) is 0 Å². The number of furan rings is 1. The summed E-state index contributed by atoms with van der Waals surface area (Å²) in [6.07, 6.45) is -1.91. The number of esters is 1. The second-order valence-corrected chi connectivity index (χ2v) is 5.82. The predicted octanol–water partition coefficient (Wildman–Crippen LogP) is -0.593. The number of carboxylic acid groups (broad SMARTS) is 1. The number of sulfonamides is 1. The molecule has 0 unspecified atom stereocenters. The van der Waals surface area contributed by atoms with Crippen LogP contribution in [-0.4, -0.2) is 50.3 Å². The highest BCUT2D eigenvalue weighted by Gasteiger charge is 2.32. The predicted molar refractivity (Wildman–Crippen MR) is 68.4 cm³/mol. The zero-order valence-corrected chi connectivity index (χ0v) is 12.4. The number of aliphatic hydroxyl groups is 1. The van der Waals surface area contributed by atoms with Gasteiger partial charge >= 0.3 is 11.9 Å². The van der Waals surface area contributed by atoms with Gasteiger partial charge in [0.05, 0.1) is 7.11 Å². The topological polar surface area (TPSA) is 143 Å². The molecule has 1 heterocycles. The third-order valence-electron chi connectivity index (χ3n) is 2.62. The van der Waals surface area contributed by atoms with Gasteiger partial charge in [-0.25, -0.2) is 22.7 Å². The fraction of sp³-hybridized carbons (Fsp3) is 0.455. The standard InChI is InChI=1S/C11H15NO8S/c1-5-8(11(16)19-3)9(6(2)20-5)21(17,18)12-4-7(13)10(14)15/h7,12-13H,4H2,1-3H3,(H,14,15)/t7-/m0/s1. The van der Waals surface area contributed by atoms with Gasteiger partial charge in [0, 0.05) is 6.54 Å². The maximum Gasteiger partial charge on any atom is 0.342 e. The van der Waals surface area contributed by atoms with Crippen LogP contribution in [0.25, 0.3) is 0 Å². The summed E-state index contributed by atoms with van der Waals surface area (Å²) in [4.78, 5) is 21.7. The SMILES string of the molecule is COC(=O)c1c(C)oc(C)c1S(=O)(=O)NC[C@H](O)C(=O)O. The summed E-state index contributed by atoms with van der Waals surface area (Å²) in [7, 11) is -3.17. The Morgan fingerprint density at radius 1 is 1.33 bits per heavy atom. The number of methoxy groups -OCH3 is 1. The Kier molecular flexibility index (Phi) is 5.10. The highest BCUT2D eigenvalue weighted by atomic mass is 32.2. The van der Waals surface area contributed by atoms with E-state index in [0.717, 1.165) is 7.11 Å². The van der Waals surface area contributed by atoms with Gasteiger partial charge in [0.1, 0.15) is 22.0 Å². The number of hydrogen-bond donors (Lipinski definition) is 3. The fourth-order valence-corrected chi connectivity index (χ4v) is 3.11. The van der Waals surface area contributed by atoms with E-state index in [1.807, 2.05) is 4.72 Å². The lowest BCUT2D eigenvalue weighted by Gasteiger charge is -2.09. The molecule has 0 aliphatic carbocycles. The van der Waals surface area contributed by atoms with Gasteiger partial charge in [0.15, 0.2) is 6.10 Å². The number of rotatable bonds is 6. The molecular weight excluding hydrogens is 306 g/mol. The number of carboxylic acids is 1. The van der Waals surface area contributed by atoms with Gasteiger partial charge in [-0.15, -0.1) is 0 Å². The Balaban J connectivity index is 3.20. The minimum Gasteiger partial charge on any atom is -0.479 e. The smallest absolute Gasteiger partial charge is 0.342 e. The van der Waals surface area contributed by atoms with Crippen molar-refractivity contribution < 1.29 is 37.4 Å². The number of ether oxygens (including phenoxy) is 1. The van der Waals surface area contributed by atoms with Crippen molar-refractivity contribution in [2.24, 2.45) is 0 Å². The molecule has 0 radical (unpaired) electrons. The number of carbonyl (C=O) groups is 2. The normalized spacial score (nSPS) is 13.0. The maximum absolute atomic E-state index is 12.2. The summed E-state index contributed by atoms with van der Waals surface area (Å²) in [5.74, 6) is -2.47. The lowest BCUT2D eigenvalue weighted by atomic mass is 10.2. The van der Waals surface area contributed by atoms with Gasteiger partial charge in [-0.05, 0) is 13.8 Å². The highest BCUT2D eigenvalue weighted by molar-refractivity contribution is 7.89. The molecule has 0 aliphatic heterocycles. The van der Waals surface area contributed by atoms with Gasteiger partial charge in [-0.1, -0.05) is 0 Å². The Bertz CT molecular complexity index is 660. The first-order chi connectivity index (χ1) is 9.61. The molecule has 1 aromatic heterocycles. The minimum absolute atomic E-state index is 0.0507. The van der Waals surface area contributed by atoms with Gasteiger partial charge in [-0.2, -0.15) is 0 Å². The quantitative estimate of drug-likeness (QED) is 0.590. The lowest BCUT2D eigenvalue weighted by Crippen LogP contribution is -2.37. The van der Waals surface area contributed by atoms with Crippen LogP contribution in [0.15, 0.2) is 9.31 Å². The van der Waals surface area contributed by atoms with Crippen LogP contribution in [0.4, 0.5) is 0 Å². The van der Waals surface area contributed by atoms with Gasteiger partial charge in [0.2, 0.25) is 10.0 Å². The molecular formula is C11H15NO8S. The molecule has 0 spiro atoms. The molecule has 0 bridgehead atoms. The number of aliphatic carboxylic acids is 1. The minimum atomic E-state index is -4.25. The van der Waals surface area contributed by atoms with E-state index in [0.29, 0.717) is 0 Å². The number of nitrogens with one attached hydrogen (secondary N) is 1. The van der Waals surface area contributed by atoms with E-state index in [1.165, 1.54) is 13.8 Å². The number of carbonyl (C=O) groups excluding carboxylic acids is 1. The molecule has 0 aromatic carbocycles. The van der Waals surface area contributed by atoms with Crippen molar-refractivity contribution in [2.45, 2.75) is 24.8 Å². The zero-order valence-electron chi connectivity index (χ0n) is 11.5. The molecule has 0 saturated carbocycles. The van der Waals surface area contributed by atoms with Gasteiger partial charge < -0.3 is 19.4 Å². The molecule has 1 aromatic rings. The van der Waals surface area contributed by atoms with Gasteiger partial charge in [0.25, 0.3) is 0 Å². The Morgan fingerprint density at radius 3 is 2.38 bits per heavy atom. The molecule has 9 nitrogen and oxygen atoms in total. The van der Waals surface area contributed by atoms with E-state index < -0.39 is 39.5 Å². The first kappa shape index (κ1) is 17.1. The molecule has 0 aliphatic rings. The lowest BCUT2D eigenvalue weighted by molar-refractivity contribution is -0.146. The van der Waals surface area contributed by atoms with E-state index >= 15 is 0 Å². The van der Waals surface area contributed by atoms with E-state index in [-0.39, 0.29) is 17.1 Å².